The first-order valence-corrected chi connectivity index (χ1v) is 12.0. The van der Waals surface area contributed by atoms with E-state index >= 15 is 0 Å². The van der Waals surface area contributed by atoms with Crippen LogP contribution in [-0.4, -0.2) is 39.9 Å². The third-order valence-electron chi connectivity index (χ3n) is 5.95. The lowest BCUT2D eigenvalue weighted by atomic mass is 10.0. The molecule has 1 atom stereocenters. The second-order valence-corrected chi connectivity index (χ2v) is 8.68. The van der Waals surface area contributed by atoms with Crippen LogP contribution < -0.4 is 35.6 Å². The zero-order valence-electron chi connectivity index (χ0n) is 21.7. The van der Waals surface area contributed by atoms with Crippen LogP contribution in [0.5, 0.6) is 23.0 Å². The molecule has 0 fully saturated rings. The molecule has 3 N–H and O–H groups in total. The Hall–Kier alpha value is -4.50. The van der Waals surface area contributed by atoms with Gasteiger partial charge < -0.3 is 34.4 Å². The van der Waals surface area contributed by atoms with Gasteiger partial charge in [-0.3, -0.25) is 4.79 Å². The third kappa shape index (κ3) is 5.73. The smallest absolute Gasteiger partial charge is 0.360 e. The summed E-state index contributed by atoms with van der Waals surface area (Å²) in [6, 6.07) is 17.4. The fourth-order valence-corrected chi connectivity index (χ4v) is 3.95. The Morgan fingerprint density at radius 1 is 0.974 bits per heavy atom. The Balaban J connectivity index is 1.63. The van der Waals surface area contributed by atoms with Gasteiger partial charge in [0.2, 0.25) is 5.75 Å². The van der Waals surface area contributed by atoms with Crippen molar-refractivity contribution in [1.82, 2.24) is 0 Å². The van der Waals surface area contributed by atoms with Gasteiger partial charge in [0.15, 0.2) is 11.3 Å². The maximum atomic E-state index is 13.1. The third-order valence-corrected chi connectivity index (χ3v) is 5.95. The summed E-state index contributed by atoms with van der Waals surface area (Å²) >= 11 is 0. The summed E-state index contributed by atoms with van der Waals surface area (Å²) in [5.74, 6) is 1.51. The Bertz CT molecular complexity index is 1510. The van der Waals surface area contributed by atoms with Gasteiger partial charge in [-0.2, -0.15) is 0 Å². The summed E-state index contributed by atoms with van der Waals surface area (Å²) in [5.41, 5.74) is 7.12. The molecule has 1 heterocycles. The quantitative estimate of drug-likeness (QED) is 0.286. The summed E-state index contributed by atoms with van der Waals surface area (Å²) in [7, 11) is 4.61. The van der Waals surface area contributed by atoms with Crippen molar-refractivity contribution in [2.75, 3.05) is 33.3 Å². The minimum absolute atomic E-state index is 0.00562. The minimum Gasteiger partial charge on any atom is -0.497 e. The number of anilines is 1. The van der Waals surface area contributed by atoms with Crippen LogP contribution in [0.15, 0.2) is 69.9 Å². The van der Waals surface area contributed by atoms with Crippen molar-refractivity contribution >= 4 is 22.6 Å². The zero-order chi connectivity index (χ0) is 27.2. The maximum absolute atomic E-state index is 13.1. The molecule has 0 bridgehead atoms. The standard InChI is InChI=1S/C29H30N2O7/c1-17(30)12-13-37-25-11-8-19-16-23(29(33)38-26(19)27(25)36-4)31-28(32)20-9-10-24(35-3)22(15-20)18-6-5-7-21(14-18)34-2/h5-11,14-17H,12-13,30H2,1-4H3,(H,31,32). The van der Waals surface area contributed by atoms with Gasteiger partial charge in [0.25, 0.3) is 5.91 Å². The highest BCUT2D eigenvalue weighted by atomic mass is 16.5. The number of ether oxygens (including phenoxy) is 4. The number of hydrogen-bond acceptors (Lipinski definition) is 8. The van der Waals surface area contributed by atoms with Gasteiger partial charge in [-0.05, 0) is 67.4 Å². The first kappa shape index (κ1) is 26.6. The Kier molecular flexibility index (Phi) is 8.18. The summed E-state index contributed by atoms with van der Waals surface area (Å²) in [6.07, 6.45) is 0.654. The van der Waals surface area contributed by atoms with Crippen LogP contribution in [0.25, 0.3) is 22.1 Å². The first-order chi connectivity index (χ1) is 18.3. The highest BCUT2D eigenvalue weighted by Crippen LogP contribution is 2.36. The first-order valence-electron chi connectivity index (χ1n) is 12.0. The highest BCUT2D eigenvalue weighted by Gasteiger charge is 2.18. The van der Waals surface area contributed by atoms with E-state index in [-0.39, 0.29) is 17.3 Å². The lowest BCUT2D eigenvalue weighted by molar-refractivity contribution is 0.102. The molecule has 0 aliphatic carbocycles. The molecule has 0 aliphatic rings. The Morgan fingerprint density at radius 2 is 1.76 bits per heavy atom. The van der Waals surface area contributed by atoms with Crippen molar-refractivity contribution in [3.63, 3.8) is 0 Å². The molecule has 4 rings (SSSR count). The lowest BCUT2D eigenvalue weighted by Crippen LogP contribution is -2.18. The predicted octanol–water partition coefficient (Wildman–Crippen LogP) is 4.85. The average Bonchev–Trinajstić information content (AvgIpc) is 2.92. The molecule has 1 unspecified atom stereocenters. The van der Waals surface area contributed by atoms with Crippen molar-refractivity contribution in [2.45, 2.75) is 19.4 Å². The largest absolute Gasteiger partial charge is 0.497 e. The van der Waals surface area contributed by atoms with Crippen LogP contribution in [-0.2, 0) is 0 Å². The van der Waals surface area contributed by atoms with Crippen molar-refractivity contribution < 1.29 is 28.2 Å². The van der Waals surface area contributed by atoms with Crippen molar-refractivity contribution in [2.24, 2.45) is 5.73 Å². The molecule has 9 nitrogen and oxygen atoms in total. The number of rotatable bonds is 10. The summed E-state index contributed by atoms with van der Waals surface area (Å²) in [4.78, 5) is 26.0. The van der Waals surface area contributed by atoms with E-state index in [0.717, 1.165) is 5.56 Å². The molecule has 1 aromatic heterocycles. The van der Waals surface area contributed by atoms with E-state index in [1.807, 2.05) is 31.2 Å². The normalized spacial score (nSPS) is 11.6. The van der Waals surface area contributed by atoms with Crippen LogP contribution in [0, 0.1) is 0 Å². The zero-order valence-corrected chi connectivity index (χ0v) is 21.7. The second-order valence-electron chi connectivity index (χ2n) is 8.68. The predicted molar refractivity (Wildman–Crippen MR) is 146 cm³/mol. The molecule has 9 heteroatoms. The van der Waals surface area contributed by atoms with Gasteiger partial charge in [0.1, 0.15) is 17.2 Å². The van der Waals surface area contributed by atoms with E-state index in [0.29, 0.717) is 52.5 Å². The molecule has 38 heavy (non-hydrogen) atoms. The van der Waals surface area contributed by atoms with Gasteiger partial charge >= 0.3 is 5.63 Å². The number of hydrogen-bond donors (Lipinski definition) is 2. The fraction of sp³-hybridized carbons (Fsp3) is 0.241. The molecule has 0 aliphatic heterocycles. The van der Waals surface area contributed by atoms with Crippen molar-refractivity contribution in [3.8, 4) is 34.1 Å². The maximum Gasteiger partial charge on any atom is 0.360 e. The van der Waals surface area contributed by atoms with E-state index < -0.39 is 11.5 Å². The van der Waals surface area contributed by atoms with Crippen LogP contribution in [0.1, 0.15) is 23.7 Å². The summed E-state index contributed by atoms with van der Waals surface area (Å²) < 4.78 is 27.6. The van der Waals surface area contributed by atoms with E-state index in [2.05, 4.69) is 5.32 Å². The van der Waals surface area contributed by atoms with Crippen molar-refractivity contribution in [1.29, 1.82) is 0 Å². The Labute approximate surface area is 220 Å². The van der Waals surface area contributed by atoms with Crippen LogP contribution in [0.2, 0.25) is 0 Å². The molecule has 3 aromatic carbocycles. The van der Waals surface area contributed by atoms with E-state index in [9.17, 15) is 9.59 Å². The topological polar surface area (TPSA) is 122 Å². The van der Waals surface area contributed by atoms with Crippen LogP contribution >= 0.6 is 0 Å². The second kappa shape index (κ2) is 11.7. The number of carbonyl (C=O) groups is 1. The van der Waals surface area contributed by atoms with E-state index in [1.54, 1.807) is 50.6 Å². The number of methoxy groups -OCH3 is 3. The van der Waals surface area contributed by atoms with Gasteiger partial charge in [-0.25, -0.2) is 4.79 Å². The lowest BCUT2D eigenvalue weighted by Gasteiger charge is -2.14. The van der Waals surface area contributed by atoms with Gasteiger partial charge in [-0.15, -0.1) is 0 Å². The molecule has 0 saturated heterocycles. The van der Waals surface area contributed by atoms with Crippen molar-refractivity contribution in [3.05, 3.63) is 76.6 Å². The van der Waals surface area contributed by atoms with Crippen LogP contribution in [0.4, 0.5) is 5.69 Å². The summed E-state index contributed by atoms with van der Waals surface area (Å²) in [5, 5.41) is 3.22. The van der Waals surface area contributed by atoms with Gasteiger partial charge in [-0.1, -0.05) is 12.1 Å². The molecule has 0 spiro atoms. The molecular weight excluding hydrogens is 488 g/mol. The van der Waals surface area contributed by atoms with Gasteiger partial charge in [0, 0.05) is 22.6 Å². The molecule has 0 saturated carbocycles. The minimum atomic E-state index is -0.724. The fourth-order valence-electron chi connectivity index (χ4n) is 3.95. The SMILES string of the molecule is COc1cccc(-c2cc(C(=O)Nc3cc4ccc(OCCC(C)N)c(OC)c4oc3=O)ccc2OC)c1. The number of nitrogens with two attached hydrogens (primary N) is 1. The molecule has 1 amide bonds. The number of nitrogens with one attached hydrogen (secondary N) is 1. The Morgan fingerprint density at radius 3 is 2.47 bits per heavy atom. The average molecular weight is 519 g/mol. The van der Waals surface area contributed by atoms with E-state index in [4.69, 9.17) is 29.1 Å². The monoisotopic (exact) mass is 518 g/mol. The molecule has 198 valence electrons. The summed E-state index contributed by atoms with van der Waals surface area (Å²) in [6.45, 7) is 2.28. The van der Waals surface area contributed by atoms with Crippen LogP contribution in [0.3, 0.4) is 0 Å². The van der Waals surface area contributed by atoms with E-state index in [1.165, 1.54) is 7.11 Å². The molecular formula is C29H30N2O7. The molecule has 4 aromatic rings. The number of benzene rings is 3. The number of carbonyl (C=O) groups excluding carboxylic acids is 1. The highest BCUT2D eigenvalue weighted by molar-refractivity contribution is 6.06. The number of fused-ring (bicyclic) bond motifs is 1. The number of amides is 1. The molecule has 0 radical (unpaired) electrons. The van der Waals surface area contributed by atoms with Gasteiger partial charge in [0.05, 0.1) is 27.9 Å².